The third-order valence-corrected chi connectivity index (χ3v) is 5.26. The monoisotopic (exact) mass is 421 g/mol. The number of anilines is 1. The number of hydrogen-bond donors (Lipinski definition) is 1. The summed E-state index contributed by atoms with van der Waals surface area (Å²) in [5.41, 5.74) is 2.50. The second-order valence-electron chi connectivity index (χ2n) is 6.50. The minimum Gasteiger partial charge on any atom is -0.466 e. The highest BCUT2D eigenvalue weighted by Gasteiger charge is 2.18. The Hall–Kier alpha value is -3.59. The number of para-hydroxylation sites is 1. The van der Waals surface area contributed by atoms with Crippen molar-refractivity contribution < 1.29 is 14.3 Å². The largest absolute Gasteiger partial charge is 0.466 e. The van der Waals surface area contributed by atoms with Crippen LogP contribution in [0.1, 0.15) is 28.7 Å². The van der Waals surface area contributed by atoms with Crippen LogP contribution >= 0.6 is 11.3 Å². The maximum atomic E-state index is 12.7. The second kappa shape index (κ2) is 8.42. The Bertz CT molecular complexity index is 1230. The van der Waals surface area contributed by atoms with Crippen molar-refractivity contribution in [1.82, 2.24) is 19.7 Å². The van der Waals surface area contributed by atoms with Crippen molar-refractivity contribution in [2.24, 2.45) is 0 Å². The first kappa shape index (κ1) is 19.7. The number of hydrogen-bond acceptors (Lipinski definition) is 7. The van der Waals surface area contributed by atoms with Gasteiger partial charge in [0.25, 0.3) is 5.91 Å². The maximum absolute atomic E-state index is 12.7. The molecular weight excluding hydrogens is 402 g/mol. The SMILES string of the molecule is CCOC(=O)Cc1csc(NC(=O)c2cnn(-c3ccc4ccccc4n3)c2C)n1. The van der Waals surface area contributed by atoms with Crippen molar-refractivity contribution >= 4 is 39.2 Å². The number of carbonyl (C=O) groups is 2. The Kier molecular flexibility index (Phi) is 5.53. The zero-order valence-electron chi connectivity index (χ0n) is 16.5. The number of carbonyl (C=O) groups excluding carboxylic acids is 2. The number of ether oxygens (including phenoxy) is 1. The number of nitrogens with one attached hydrogen (secondary N) is 1. The summed E-state index contributed by atoms with van der Waals surface area (Å²) >= 11 is 1.25. The van der Waals surface area contributed by atoms with Crippen LogP contribution in [0, 0.1) is 6.92 Å². The normalized spacial score (nSPS) is 10.9. The van der Waals surface area contributed by atoms with E-state index in [-0.39, 0.29) is 18.3 Å². The maximum Gasteiger partial charge on any atom is 0.311 e. The molecule has 0 aliphatic heterocycles. The van der Waals surface area contributed by atoms with Gasteiger partial charge in [0.15, 0.2) is 10.9 Å². The number of nitrogens with zero attached hydrogens (tertiary/aromatic N) is 4. The number of amides is 1. The highest BCUT2D eigenvalue weighted by atomic mass is 32.1. The molecule has 0 saturated carbocycles. The molecule has 4 rings (SSSR count). The fraction of sp³-hybridized carbons (Fsp3) is 0.190. The van der Waals surface area contributed by atoms with Crippen LogP contribution in [-0.2, 0) is 16.0 Å². The summed E-state index contributed by atoms with van der Waals surface area (Å²) in [6.45, 7) is 3.88. The summed E-state index contributed by atoms with van der Waals surface area (Å²) in [6, 6.07) is 11.7. The van der Waals surface area contributed by atoms with Crippen LogP contribution in [0.25, 0.3) is 16.7 Å². The van der Waals surface area contributed by atoms with Crippen LogP contribution in [0.4, 0.5) is 5.13 Å². The van der Waals surface area contributed by atoms with Gasteiger partial charge in [0.2, 0.25) is 0 Å². The van der Waals surface area contributed by atoms with Gasteiger partial charge in [0, 0.05) is 10.8 Å². The van der Waals surface area contributed by atoms with Crippen LogP contribution in [0.15, 0.2) is 48.0 Å². The molecule has 0 bridgehead atoms. The molecular formula is C21H19N5O3S. The summed E-state index contributed by atoms with van der Waals surface area (Å²) in [6.07, 6.45) is 1.58. The molecule has 8 nitrogen and oxygen atoms in total. The van der Waals surface area contributed by atoms with Gasteiger partial charge in [-0.15, -0.1) is 11.3 Å². The van der Waals surface area contributed by atoms with Crippen molar-refractivity contribution in [3.05, 3.63) is 64.9 Å². The van der Waals surface area contributed by atoms with Gasteiger partial charge in [-0.2, -0.15) is 5.10 Å². The molecule has 0 aliphatic carbocycles. The van der Waals surface area contributed by atoms with Crippen LogP contribution in [0.2, 0.25) is 0 Å². The molecule has 1 N–H and O–H groups in total. The van der Waals surface area contributed by atoms with E-state index in [4.69, 9.17) is 4.74 Å². The molecule has 4 aromatic rings. The van der Waals surface area contributed by atoms with Crippen LogP contribution in [0.5, 0.6) is 0 Å². The van der Waals surface area contributed by atoms with Crippen molar-refractivity contribution in [3.63, 3.8) is 0 Å². The van der Waals surface area contributed by atoms with E-state index in [1.165, 1.54) is 17.5 Å². The number of pyridine rings is 1. The second-order valence-corrected chi connectivity index (χ2v) is 7.36. The summed E-state index contributed by atoms with van der Waals surface area (Å²) in [5, 5.41) is 10.3. The molecule has 3 heterocycles. The standard InChI is InChI=1S/C21H19N5O3S/c1-3-29-19(27)10-15-12-30-21(23-15)25-20(28)16-11-22-26(13(16)2)18-9-8-14-6-4-5-7-17(14)24-18/h4-9,11-12H,3,10H2,1-2H3,(H,23,25,28). The van der Waals surface area contributed by atoms with Gasteiger partial charge in [-0.25, -0.2) is 14.6 Å². The Morgan fingerprint density at radius 2 is 2.00 bits per heavy atom. The zero-order valence-corrected chi connectivity index (χ0v) is 17.3. The van der Waals surface area contributed by atoms with Gasteiger partial charge in [0.05, 0.1) is 41.7 Å². The van der Waals surface area contributed by atoms with E-state index in [2.05, 4.69) is 20.4 Å². The lowest BCUT2D eigenvalue weighted by Gasteiger charge is -2.06. The van der Waals surface area contributed by atoms with E-state index in [0.29, 0.717) is 34.5 Å². The number of aromatic nitrogens is 4. The molecule has 3 aromatic heterocycles. The number of thiazole rings is 1. The first-order valence-electron chi connectivity index (χ1n) is 9.37. The van der Waals surface area contributed by atoms with Crippen molar-refractivity contribution in [2.45, 2.75) is 20.3 Å². The lowest BCUT2D eigenvalue weighted by atomic mass is 10.2. The lowest BCUT2D eigenvalue weighted by Crippen LogP contribution is -2.13. The highest BCUT2D eigenvalue weighted by molar-refractivity contribution is 7.14. The molecule has 0 fully saturated rings. The van der Waals surface area contributed by atoms with Crippen LogP contribution in [-0.4, -0.2) is 38.2 Å². The predicted molar refractivity (Wildman–Crippen MR) is 114 cm³/mol. The average Bonchev–Trinajstić information content (AvgIpc) is 3.34. The molecule has 0 spiro atoms. The topological polar surface area (TPSA) is 99.0 Å². The fourth-order valence-corrected chi connectivity index (χ4v) is 3.71. The minimum absolute atomic E-state index is 0.0742. The number of fused-ring (bicyclic) bond motifs is 1. The summed E-state index contributed by atoms with van der Waals surface area (Å²) in [5.74, 6) is -0.0338. The number of rotatable bonds is 6. The lowest BCUT2D eigenvalue weighted by molar-refractivity contribution is -0.142. The van der Waals surface area contributed by atoms with E-state index < -0.39 is 0 Å². The van der Waals surface area contributed by atoms with E-state index in [1.54, 1.807) is 17.0 Å². The third-order valence-electron chi connectivity index (χ3n) is 4.46. The highest BCUT2D eigenvalue weighted by Crippen LogP contribution is 2.20. The third kappa shape index (κ3) is 4.06. The van der Waals surface area contributed by atoms with Gasteiger partial charge in [-0.05, 0) is 32.0 Å². The molecule has 0 unspecified atom stereocenters. The molecule has 0 atom stereocenters. The Balaban J connectivity index is 1.51. The molecule has 9 heteroatoms. The summed E-state index contributed by atoms with van der Waals surface area (Å²) in [7, 11) is 0. The Morgan fingerprint density at radius 1 is 1.17 bits per heavy atom. The molecule has 0 aliphatic rings. The van der Waals surface area contributed by atoms with Crippen LogP contribution < -0.4 is 5.32 Å². The van der Waals surface area contributed by atoms with E-state index in [0.717, 1.165) is 10.9 Å². The van der Waals surface area contributed by atoms with Gasteiger partial charge in [-0.1, -0.05) is 18.2 Å². The molecule has 1 amide bonds. The zero-order chi connectivity index (χ0) is 21.1. The molecule has 1 aromatic carbocycles. The predicted octanol–water partition coefficient (Wildman–Crippen LogP) is 3.54. The van der Waals surface area contributed by atoms with Crippen molar-refractivity contribution in [2.75, 3.05) is 11.9 Å². The quantitative estimate of drug-likeness (QED) is 0.478. The fourth-order valence-electron chi connectivity index (χ4n) is 3.01. The number of benzene rings is 1. The first-order valence-corrected chi connectivity index (χ1v) is 10.2. The molecule has 0 saturated heterocycles. The van der Waals surface area contributed by atoms with E-state index in [9.17, 15) is 9.59 Å². The van der Waals surface area contributed by atoms with Crippen molar-refractivity contribution in [1.29, 1.82) is 0 Å². The number of esters is 1. The Morgan fingerprint density at radius 3 is 2.83 bits per heavy atom. The molecule has 152 valence electrons. The minimum atomic E-state index is -0.347. The molecule has 30 heavy (non-hydrogen) atoms. The smallest absolute Gasteiger partial charge is 0.311 e. The van der Waals surface area contributed by atoms with Crippen molar-refractivity contribution in [3.8, 4) is 5.82 Å². The average molecular weight is 421 g/mol. The van der Waals surface area contributed by atoms with E-state index in [1.807, 2.05) is 43.3 Å². The summed E-state index contributed by atoms with van der Waals surface area (Å²) in [4.78, 5) is 33.2. The van der Waals surface area contributed by atoms with Gasteiger partial charge in [0.1, 0.15) is 0 Å². The first-order chi connectivity index (χ1) is 14.5. The van der Waals surface area contributed by atoms with Gasteiger partial charge >= 0.3 is 5.97 Å². The molecule has 0 radical (unpaired) electrons. The van der Waals surface area contributed by atoms with Gasteiger partial charge in [-0.3, -0.25) is 14.9 Å². The Labute approximate surface area is 176 Å². The van der Waals surface area contributed by atoms with Gasteiger partial charge < -0.3 is 4.74 Å². The van der Waals surface area contributed by atoms with Crippen LogP contribution in [0.3, 0.4) is 0 Å². The summed E-state index contributed by atoms with van der Waals surface area (Å²) < 4.78 is 6.55. The van der Waals surface area contributed by atoms with E-state index >= 15 is 0 Å².